The maximum absolute atomic E-state index is 12.4. The lowest BCUT2D eigenvalue weighted by Crippen LogP contribution is -2.57. The second kappa shape index (κ2) is 11.0. The van der Waals surface area contributed by atoms with E-state index in [4.69, 9.17) is 9.47 Å². The van der Waals surface area contributed by atoms with Gasteiger partial charge in [0, 0.05) is 12.1 Å². The van der Waals surface area contributed by atoms with E-state index in [1.807, 2.05) is 51.1 Å². The zero-order valence-electron chi connectivity index (χ0n) is 18.2. The van der Waals surface area contributed by atoms with Gasteiger partial charge in [-0.1, -0.05) is 43.2 Å². The molecule has 2 rings (SSSR count). The van der Waals surface area contributed by atoms with Gasteiger partial charge in [-0.2, -0.15) is 0 Å². The second-order valence-electron chi connectivity index (χ2n) is 8.58. The summed E-state index contributed by atoms with van der Waals surface area (Å²) in [6.45, 7) is 7.20. The number of imide groups is 1. The highest BCUT2D eigenvalue weighted by molar-refractivity contribution is 5.94. The van der Waals surface area contributed by atoms with Crippen molar-refractivity contribution in [3.63, 3.8) is 0 Å². The number of nitrogens with one attached hydrogen (secondary N) is 3. The molecule has 0 saturated heterocycles. The van der Waals surface area contributed by atoms with Gasteiger partial charge in [0.15, 0.2) is 0 Å². The van der Waals surface area contributed by atoms with E-state index >= 15 is 0 Å². The Bertz CT molecular complexity index is 717. The average Bonchev–Trinajstić information content (AvgIpc) is 2.67. The molecule has 1 aliphatic carbocycles. The Morgan fingerprint density at radius 2 is 1.67 bits per heavy atom. The van der Waals surface area contributed by atoms with E-state index in [1.54, 1.807) is 6.92 Å². The molecule has 1 aromatic carbocycles. The lowest BCUT2D eigenvalue weighted by molar-refractivity contribution is -0.122. The molecule has 1 fully saturated rings. The molecule has 8 heteroatoms. The molecule has 8 nitrogen and oxygen atoms in total. The first-order chi connectivity index (χ1) is 14.1. The predicted molar refractivity (Wildman–Crippen MR) is 113 cm³/mol. The first-order valence-electron chi connectivity index (χ1n) is 10.4. The molecule has 166 valence electrons. The summed E-state index contributed by atoms with van der Waals surface area (Å²) in [5.41, 5.74) is 0.263. The van der Waals surface area contributed by atoms with Crippen LogP contribution in [0.5, 0.6) is 0 Å². The lowest BCUT2D eigenvalue weighted by atomic mass is 9.90. The monoisotopic (exact) mass is 419 g/mol. The highest BCUT2D eigenvalue weighted by atomic mass is 16.6. The van der Waals surface area contributed by atoms with Crippen molar-refractivity contribution in [1.82, 2.24) is 16.0 Å². The zero-order valence-corrected chi connectivity index (χ0v) is 18.2. The minimum absolute atomic E-state index is 0.0896. The van der Waals surface area contributed by atoms with E-state index in [1.165, 1.54) is 0 Å². The Balaban J connectivity index is 1.81. The summed E-state index contributed by atoms with van der Waals surface area (Å²) in [5.74, 6) is -0.477. The third kappa shape index (κ3) is 8.41. The van der Waals surface area contributed by atoms with E-state index in [9.17, 15) is 14.4 Å². The van der Waals surface area contributed by atoms with Crippen molar-refractivity contribution in [1.29, 1.82) is 0 Å². The number of rotatable bonds is 6. The van der Waals surface area contributed by atoms with Crippen molar-refractivity contribution >= 4 is 18.1 Å². The van der Waals surface area contributed by atoms with Crippen molar-refractivity contribution in [3.8, 4) is 0 Å². The molecule has 3 atom stereocenters. The van der Waals surface area contributed by atoms with Crippen LogP contribution in [0.1, 0.15) is 58.9 Å². The quantitative estimate of drug-likeness (QED) is 0.654. The molecule has 0 heterocycles. The number of carbonyl (C=O) groups is 3. The third-order valence-electron chi connectivity index (χ3n) is 4.76. The largest absolute Gasteiger partial charge is 0.444 e. The highest BCUT2D eigenvalue weighted by Crippen LogP contribution is 2.20. The first kappa shape index (κ1) is 23.7. The normalized spacial score (nSPS) is 20.0. The zero-order chi connectivity index (χ0) is 22.1. The van der Waals surface area contributed by atoms with Crippen LogP contribution in [0.25, 0.3) is 0 Å². The molecule has 1 aromatic rings. The summed E-state index contributed by atoms with van der Waals surface area (Å²) in [4.78, 5) is 36.4. The minimum Gasteiger partial charge on any atom is -0.444 e. The molecule has 0 bridgehead atoms. The molecule has 3 amide bonds. The summed E-state index contributed by atoms with van der Waals surface area (Å²) in [7, 11) is 0. The molecule has 0 unspecified atom stereocenters. The van der Waals surface area contributed by atoms with Crippen LogP contribution in [0.15, 0.2) is 30.3 Å². The summed E-state index contributed by atoms with van der Waals surface area (Å²) < 4.78 is 10.4. The molecule has 0 spiro atoms. The number of hydrogen-bond acceptors (Lipinski definition) is 6. The molecular weight excluding hydrogens is 386 g/mol. The van der Waals surface area contributed by atoms with Crippen LogP contribution in [0, 0.1) is 0 Å². The molecular formula is C22H33N3O5. The third-order valence-corrected chi connectivity index (χ3v) is 4.76. The Morgan fingerprint density at radius 3 is 2.30 bits per heavy atom. The van der Waals surface area contributed by atoms with Crippen LogP contribution in [-0.4, -0.2) is 41.8 Å². The predicted octanol–water partition coefficient (Wildman–Crippen LogP) is 3.25. The molecule has 3 N–H and O–H groups in total. The Labute approximate surface area is 178 Å². The van der Waals surface area contributed by atoms with Crippen LogP contribution in [-0.2, 0) is 20.9 Å². The molecule has 0 aromatic heterocycles. The van der Waals surface area contributed by atoms with Gasteiger partial charge in [-0.25, -0.2) is 9.59 Å². The Morgan fingerprint density at radius 1 is 1.03 bits per heavy atom. The van der Waals surface area contributed by atoms with E-state index in [2.05, 4.69) is 16.0 Å². The van der Waals surface area contributed by atoms with Gasteiger partial charge in [-0.3, -0.25) is 10.1 Å². The maximum Gasteiger partial charge on any atom is 0.414 e. The summed E-state index contributed by atoms with van der Waals surface area (Å²) >= 11 is 0. The minimum atomic E-state index is -0.787. The maximum atomic E-state index is 12.4. The molecule has 1 aliphatic rings. The Kier molecular flexibility index (Phi) is 8.65. The number of carbonyl (C=O) groups excluding carboxylic acids is 3. The number of hydrogen-bond donors (Lipinski definition) is 3. The smallest absolute Gasteiger partial charge is 0.414 e. The van der Waals surface area contributed by atoms with Gasteiger partial charge in [-0.05, 0) is 46.1 Å². The lowest BCUT2D eigenvalue weighted by Gasteiger charge is -2.35. The van der Waals surface area contributed by atoms with Gasteiger partial charge in [0.2, 0.25) is 5.91 Å². The van der Waals surface area contributed by atoms with Gasteiger partial charge >= 0.3 is 12.2 Å². The van der Waals surface area contributed by atoms with E-state index in [0.717, 1.165) is 31.2 Å². The summed E-state index contributed by atoms with van der Waals surface area (Å²) in [6.07, 6.45) is 2.34. The van der Waals surface area contributed by atoms with Crippen LogP contribution in [0.4, 0.5) is 9.59 Å². The van der Waals surface area contributed by atoms with Crippen LogP contribution in [0.2, 0.25) is 0 Å². The summed E-state index contributed by atoms with van der Waals surface area (Å²) in [6, 6.07) is 8.37. The van der Waals surface area contributed by atoms with Crippen LogP contribution < -0.4 is 16.0 Å². The number of benzene rings is 1. The molecule has 1 saturated carbocycles. The molecule has 0 radical (unpaired) electrons. The molecule has 30 heavy (non-hydrogen) atoms. The van der Waals surface area contributed by atoms with E-state index in [0.29, 0.717) is 0 Å². The SMILES string of the molecule is C[C@H](N[C@@H]1CCCC[C@H]1NC(=O)OC(C)(C)C)C(=O)NC(=O)OCc1ccccc1. The van der Waals surface area contributed by atoms with Crippen molar-refractivity contribution < 1.29 is 23.9 Å². The highest BCUT2D eigenvalue weighted by Gasteiger charge is 2.30. The van der Waals surface area contributed by atoms with Crippen molar-refractivity contribution in [2.45, 2.75) is 83.7 Å². The number of amides is 3. The Hall–Kier alpha value is -2.61. The van der Waals surface area contributed by atoms with Crippen LogP contribution in [0.3, 0.4) is 0 Å². The van der Waals surface area contributed by atoms with E-state index < -0.39 is 29.7 Å². The fourth-order valence-corrected chi connectivity index (χ4v) is 3.33. The van der Waals surface area contributed by atoms with Gasteiger partial charge in [-0.15, -0.1) is 0 Å². The van der Waals surface area contributed by atoms with Crippen molar-refractivity contribution in [3.05, 3.63) is 35.9 Å². The van der Waals surface area contributed by atoms with Gasteiger partial charge < -0.3 is 20.1 Å². The van der Waals surface area contributed by atoms with Gasteiger partial charge in [0.05, 0.1) is 6.04 Å². The first-order valence-corrected chi connectivity index (χ1v) is 10.4. The molecule has 0 aliphatic heterocycles. The van der Waals surface area contributed by atoms with Crippen molar-refractivity contribution in [2.75, 3.05) is 0 Å². The standard InChI is InChI=1S/C22H33N3O5/c1-15(19(26)25-20(27)29-14-16-10-6-5-7-11-16)23-17-12-8-9-13-18(17)24-21(28)30-22(2,3)4/h5-7,10-11,15,17-18,23H,8-9,12-14H2,1-4H3,(H,24,28)(H,25,26,27)/t15-,17+,18+/m0/s1. The van der Waals surface area contributed by atoms with Crippen molar-refractivity contribution in [2.24, 2.45) is 0 Å². The topological polar surface area (TPSA) is 106 Å². The second-order valence-corrected chi connectivity index (χ2v) is 8.58. The van der Waals surface area contributed by atoms with E-state index in [-0.39, 0.29) is 18.7 Å². The van der Waals surface area contributed by atoms with Gasteiger partial charge in [0.1, 0.15) is 12.2 Å². The van der Waals surface area contributed by atoms with Crippen LogP contribution >= 0.6 is 0 Å². The number of alkyl carbamates (subject to hydrolysis) is 2. The number of ether oxygens (including phenoxy) is 2. The fourth-order valence-electron chi connectivity index (χ4n) is 3.33. The fraction of sp³-hybridized carbons (Fsp3) is 0.591. The van der Waals surface area contributed by atoms with Gasteiger partial charge in [0.25, 0.3) is 0 Å². The summed E-state index contributed by atoms with van der Waals surface area (Å²) in [5, 5.41) is 8.38. The average molecular weight is 420 g/mol.